The summed E-state index contributed by atoms with van der Waals surface area (Å²) in [6.07, 6.45) is -6.45. The summed E-state index contributed by atoms with van der Waals surface area (Å²) in [5, 5.41) is 50.1. The van der Waals surface area contributed by atoms with Crippen LogP contribution in [0.2, 0.25) is 0 Å². The Bertz CT molecular complexity index is 512. The van der Waals surface area contributed by atoms with E-state index >= 15 is 0 Å². The Kier molecular flexibility index (Phi) is 5.68. The number of carbonyl (C=O) groups excluding carboxylic acids is 1. The molecule has 8 nitrogen and oxygen atoms in total. The summed E-state index contributed by atoms with van der Waals surface area (Å²) in [6.45, 7) is 4.69. The number of carboxylic acids is 1. The van der Waals surface area contributed by atoms with Gasteiger partial charge in [-0.2, -0.15) is 0 Å². The van der Waals surface area contributed by atoms with E-state index in [0.717, 1.165) is 0 Å². The second-order valence-electron chi connectivity index (χ2n) is 7.19. The number of hydrogen-bond acceptors (Lipinski definition) is 8. The summed E-state index contributed by atoms with van der Waals surface area (Å²) in [4.78, 5) is 11.3. The molecule has 0 amide bonds. The molecule has 1 aliphatic heterocycles. The van der Waals surface area contributed by atoms with Crippen molar-refractivity contribution in [3.8, 4) is 0 Å². The predicted octanol–water partition coefficient (Wildman–Crippen LogP) is -1.94. The molecule has 0 spiro atoms. The van der Waals surface area contributed by atoms with Crippen LogP contribution in [0.1, 0.15) is 33.6 Å². The quantitative estimate of drug-likeness (QED) is 0.461. The number of ether oxygens (including phenoxy) is 2. The van der Waals surface area contributed by atoms with E-state index < -0.39 is 54.8 Å². The maximum atomic E-state index is 11.3. The first-order chi connectivity index (χ1) is 11.1. The molecule has 0 radical (unpaired) electrons. The molecule has 2 aliphatic rings. The lowest BCUT2D eigenvalue weighted by Crippen LogP contribution is -2.60. The monoisotopic (exact) mass is 345 g/mol. The molecule has 1 heterocycles. The molecule has 6 atom stereocenters. The Labute approximate surface area is 140 Å². The average Bonchev–Trinajstić information content (AvgIpc) is 2.45. The third-order valence-electron chi connectivity index (χ3n) is 4.75. The van der Waals surface area contributed by atoms with Gasteiger partial charge < -0.3 is 39.8 Å². The average molecular weight is 345 g/mol. The number of carbonyl (C=O) groups is 1. The zero-order chi connectivity index (χ0) is 18.2. The highest BCUT2D eigenvalue weighted by atomic mass is 16.7. The van der Waals surface area contributed by atoms with E-state index in [9.17, 15) is 30.3 Å². The Morgan fingerprint density at radius 3 is 2.42 bits per heavy atom. The minimum Gasteiger partial charge on any atom is -0.545 e. The van der Waals surface area contributed by atoms with E-state index in [1.165, 1.54) is 0 Å². The lowest BCUT2D eigenvalue weighted by Gasteiger charge is -2.44. The standard InChI is InChI=1S/C16H26O8/c1-7-4-8(5-16(2,3)10(7)14(21)22)23-15-13(20)12(19)11(18)9(6-17)24-15/h8-9,11-13,15,17-20H,4-6H2,1-3H3,(H,21,22)/p-1/t8-,9-,11-,12+,13-,15-/m1/s1. The van der Waals surface area contributed by atoms with Gasteiger partial charge in [0.15, 0.2) is 6.29 Å². The number of aliphatic hydroxyl groups is 4. The fraction of sp³-hybridized carbons (Fsp3) is 0.812. The molecule has 1 saturated heterocycles. The highest BCUT2D eigenvalue weighted by Gasteiger charge is 2.46. The third-order valence-corrected chi connectivity index (χ3v) is 4.75. The van der Waals surface area contributed by atoms with Crippen molar-refractivity contribution in [2.24, 2.45) is 5.41 Å². The molecule has 24 heavy (non-hydrogen) atoms. The largest absolute Gasteiger partial charge is 0.545 e. The van der Waals surface area contributed by atoms with Gasteiger partial charge in [-0.25, -0.2) is 0 Å². The molecular formula is C16H25O8-. The van der Waals surface area contributed by atoms with Crippen molar-refractivity contribution in [3.05, 3.63) is 11.1 Å². The van der Waals surface area contributed by atoms with E-state index in [0.29, 0.717) is 18.4 Å². The Morgan fingerprint density at radius 1 is 1.29 bits per heavy atom. The molecule has 8 heteroatoms. The summed E-state index contributed by atoms with van der Waals surface area (Å²) < 4.78 is 11.1. The topological polar surface area (TPSA) is 140 Å². The predicted molar refractivity (Wildman–Crippen MR) is 79.4 cm³/mol. The van der Waals surface area contributed by atoms with Crippen LogP contribution in [0.5, 0.6) is 0 Å². The molecule has 0 aromatic carbocycles. The van der Waals surface area contributed by atoms with Crippen LogP contribution in [0.4, 0.5) is 0 Å². The summed E-state index contributed by atoms with van der Waals surface area (Å²) in [5.41, 5.74) is 0.192. The zero-order valence-electron chi connectivity index (χ0n) is 14.0. The zero-order valence-corrected chi connectivity index (χ0v) is 14.0. The maximum Gasteiger partial charge on any atom is 0.186 e. The molecule has 0 aromatic rings. The molecule has 2 rings (SSSR count). The van der Waals surface area contributed by atoms with Crippen LogP contribution in [-0.4, -0.2) is 69.8 Å². The first-order valence-corrected chi connectivity index (χ1v) is 7.96. The van der Waals surface area contributed by atoms with E-state index in [-0.39, 0.29) is 5.57 Å². The van der Waals surface area contributed by atoms with Gasteiger partial charge in [0.2, 0.25) is 0 Å². The van der Waals surface area contributed by atoms with E-state index in [1.807, 2.05) is 0 Å². The minimum absolute atomic E-state index is 0.246. The molecule has 0 unspecified atom stereocenters. The fourth-order valence-corrected chi connectivity index (χ4v) is 3.68. The Hall–Kier alpha value is -1.03. The van der Waals surface area contributed by atoms with Gasteiger partial charge in [-0.15, -0.1) is 0 Å². The molecular weight excluding hydrogens is 320 g/mol. The van der Waals surface area contributed by atoms with Gasteiger partial charge in [0.05, 0.1) is 18.7 Å². The first kappa shape index (κ1) is 19.3. The fourth-order valence-electron chi connectivity index (χ4n) is 3.68. The van der Waals surface area contributed by atoms with Crippen molar-refractivity contribution < 1.29 is 39.8 Å². The number of carboxylic acid groups (broad SMARTS) is 1. The maximum absolute atomic E-state index is 11.3. The van der Waals surface area contributed by atoms with Crippen LogP contribution in [-0.2, 0) is 14.3 Å². The van der Waals surface area contributed by atoms with Gasteiger partial charge >= 0.3 is 0 Å². The van der Waals surface area contributed by atoms with Crippen molar-refractivity contribution in [1.82, 2.24) is 0 Å². The van der Waals surface area contributed by atoms with E-state index in [2.05, 4.69) is 0 Å². The highest BCUT2D eigenvalue weighted by Crippen LogP contribution is 2.41. The summed E-state index contributed by atoms with van der Waals surface area (Å²) in [5.74, 6) is -1.20. The van der Waals surface area contributed by atoms with Gasteiger partial charge in [-0.1, -0.05) is 19.4 Å². The van der Waals surface area contributed by atoms with Gasteiger partial charge in [0.1, 0.15) is 24.4 Å². The third kappa shape index (κ3) is 3.63. The summed E-state index contributed by atoms with van der Waals surface area (Å²) in [7, 11) is 0. The molecule has 0 saturated carbocycles. The lowest BCUT2D eigenvalue weighted by atomic mass is 9.71. The lowest BCUT2D eigenvalue weighted by molar-refractivity contribution is -0.314. The summed E-state index contributed by atoms with van der Waals surface area (Å²) in [6, 6.07) is 0. The summed E-state index contributed by atoms with van der Waals surface area (Å²) >= 11 is 0. The van der Waals surface area contributed by atoms with Crippen LogP contribution in [0.3, 0.4) is 0 Å². The van der Waals surface area contributed by atoms with Gasteiger partial charge in [-0.3, -0.25) is 0 Å². The second-order valence-corrected chi connectivity index (χ2v) is 7.19. The van der Waals surface area contributed by atoms with Crippen LogP contribution in [0.25, 0.3) is 0 Å². The van der Waals surface area contributed by atoms with Crippen LogP contribution in [0, 0.1) is 5.41 Å². The molecule has 138 valence electrons. The molecule has 1 aliphatic carbocycles. The number of aliphatic carboxylic acids is 1. The van der Waals surface area contributed by atoms with E-state index in [1.54, 1.807) is 20.8 Å². The normalized spacial score (nSPS) is 39.8. The van der Waals surface area contributed by atoms with Gasteiger partial charge in [-0.05, 0) is 30.8 Å². The second kappa shape index (κ2) is 7.07. The van der Waals surface area contributed by atoms with Crippen molar-refractivity contribution in [2.45, 2.75) is 70.4 Å². The highest BCUT2D eigenvalue weighted by molar-refractivity contribution is 5.87. The number of rotatable bonds is 4. The SMILES string of the molecule is CC1=C(C(=O)[O-])C(C)(C)C[C@H](O[C@@H]2O[C@H](CO)[C@@H](O)[C@H](O)[C@H]2O)C1. The smallest absolute Gasteiger partial charge is 0.186 e. The minimum atomic E-state index is -1.51. The Morgan fingerprint density at radius 2 is 1.92 bits per heavy atom. The van der Waals surface area contributed by atoms with Gasteiger partial charge in [0, 0.05) is 0 Å². The van der Waals surface area contributed by atoms with Crippen molar-refractivity contribution in [2.75, 3.05) is 6.61 Å². The van der Waals surface area contributed by atoms with Crippen molar-refractivity contribution >= 4 is 5.97 Å². The Balaban J connectivity index is 2.13. The van der Waals surface area contributed by atoms with Crippen molar-refractivity contribution in [1.29, 1.82) is 0 Å². The van der Waals surface area contributed by atoms with Crippen molar-refractivity contribution in [3.63, 3.8) is 0 Å². The molecule has 1 fully saturated rings. The number of hydrogen-bond donors (Lipinski definition) is 4. The van der Waals surface area contributed by atoms with Gasteiger partial charge in [0.25, 0.3) is 0 Å². The van der Waals surface area contributed by atoms with E-state index in [4.69, 9.17) is 9.47 Å². The van der Waals surface area contributed by atoms with Crippen LogP contribution >= 0.6 is 0 Å². The molecule has 0 aromatic heterocycles. The molecule has 4 N–H and O–H groups in total. The molecule has 0 bridgehead atoms. The number of aliphatic hydroxyl groups excluding tert-OH is 4. The van der Waals surface area contributed by atoms with Crippen LogP contribution < -0.4 is 5.11 Å². The first-order valence-electron chi connectivity index (χ1n) is 7.96. The van der Waals surface area contributed by atoms with Crippen LogP contribution in [0.15, 0.2) is 11.1 Å².